The molecule has 3 rings (SSSR count). The van der Waals surface area contributed by atoms with Crippen LogP contribution in [0.15, 0.2) is 48.5 Å². The normalized spacial score (nSPS) is 10.9. The molecule has 0 saturated heterocycles. The third kappa shape index (κ3) is 2.24. The Morgan fingerprint density at radius 3 is 2.37 bits per heavy atom. The van der Waals surface area contributed by atoms with Crippen molar-refractivity contribution < 1.29 is 0 Å². The summed E-state index contributed by atoms with van der Waals surface area (Å²) in [6, 6.07) is 17.2. The third-order valence-corrected chi connectivity index (χ3v) is 3.45. The lowest BCUT2D eigenvalue weighted by Crippen LogP contribution is -1.91. The van der Waals surface area contributed by atoms with Gasteiger partial charge in [-0.3, -0.25) is 0 Å². The van der Waals surface area contributed by atoms with E-state index in [4.69, 9.17) is 4.98 Å². The minimum absolute atomic E-state index is 1.06. The van der Waals surface area contributed by atoms with Gasteiger partial charge in [-0.2, -0.15) is 0 Å². The zero-order valence-electron chi connectivity index (χ0n) is 11.6. The highest BCUT2D eigenvalue weighted by Gasteiger charge is 2.06. The van der Waals surface area contributed by atoms with Gasteiger partial charge >= 0.3 is 0 Å². The predicted octanol–water partition coefficient (Wildman–Crippen LogP) is 4.83. The molecule has 0 unspecified atom stereocenters. The number of pyridine rings is 1. The van der Waals surface area contributed by atoms with E-state index >= 15 is 0 Å². The fraction of sp³-hybridized carbons (Fsp3) is 0.167. The van der Waals surface area contributed by atoms with Crippen LogP contribution in [0.2, 0.25) is 0 Å². The van der Waals surface area contributed by atoms with Crippen molar-refractivity contribution in [2.45, 2.75) is 20.8 Å². The molecule has 1 nitrogen and oxygen atoms in total. The average molecular weight is 247 g/mol. The van der Waals surface area contributed by atoms with E-state index in [0.717, 1.165) is 11.2 Å². The number of aryl methyl sites for hydroxylation is 3. The van der Waals surface area contributed by atoms with Crippen LogP contribution in [0, 0.1) is 20.8 Å². The Hall–Kier alpha value is -2.15. The molecule has 1 heterocycles. The number of hydrogen-bond acceptors (Lipinski definition) is 1. The standard InChI is InChI=1S/C18H17N/c1-12-5-4-6-15(9-12)18-14(3)11-16-10-13(2)7-8-17(16)19-18/h4-11H,1-3H3. The van der Waals surface area contributed by atoms with Gasteiger partial charge in [0.2, 0.25) is 0 Å². The van der Waals surface area contributed by atoms with Gasteiger partial charge in [0, 0.05) is 10.9 Å². The van der Waals surface area contributed by atoms with Gasteiger partial charge in [0.25, 0.3) is 0 Å². The minimum Gasteiger partial charge on any atom is -0.248 e. The van der Waals surface area contributed by atoms with Crippen LogP contribution >= 0.6 is 0 Å². The number of nitrogens with zero attached hydrogens (tertiary/aromatic N) is 1. The second-order valence-electron chi connectivity index (χ2n) is 5.22. The van der Waals surface area contributed by atoms with Crippen LogP contribution in [0.4, 0.5) is 0 Å². The summed E-state index contributed by atoms with van der Waals surface area (Å²) in [5.74, 6) is 0. The van der Waals surface area contributed by atoms with E-state index in [9.17, 15) is 0 Å². The summed E-state index contributed by atoms with van der Waals surface area (Å²) in [7, 11) is 0. The van der Waals surface area contributed by atoms with Crippen molar-refractivity contribution in [2.24, 2.45) is 0 Å². The Labute approximate surface area is 113 Å². The van der Waals surface area contributed by atoms with E-state index in [1.165, 1.54) is 27.6 Å². The Kier molecular flexibility index (Phi) is 2.83. The number of benzene rings is 2. The van der Waals surface area contributed by atoms with Crippen molar-refractivity contribution in [3.8, 4) is 11.3 Å². The zero-order chi connectivity index (χ0) is 13.4. The molecule has 0 N–H and O–H groups in total. The molecule has 0 amide bonds. The van der Waals surface area contributed by atoms with Gasteiger partial charge in [-0.1, -0.05) is 35.4 Å². The Morgan fingerprint density at radius 2 is 1.58 bits per heavy atom. The van der Waals surface area contributed by atoms with E-state index < -0.39 is 0 Å². The molecule has 0 aliphatic carbocycles. The molecule has 0 saturated carbocycles. The highest BCUT2D eigenvalue weighted by atomic mass is 14.7. The quantitative estimate of drug-likeness (QED) is 0.600. The summed E-state index contributed by atoms with van der Waals surface area (Å²) in [4.78, 5) is 4.83. The summed E-state index contributed by atoms with van der Waals surface area (Å²) in [6.45, 7) is 6.36. The minimum atomic E-state index is 1.06. The van der Waals surface area contributed by atoms with E-state index in [1.54, 1.807) is 0 Å². The molecule has 0 atom stereocenters. The lowest BCUT2D eigenvalue weighted by molar-refractivity contribution is 1.31. The number of hydrogen-bond donors (Lipinski definition) is 0. The van der Waals surface area contributed by atoms with Crippen LogP contribution in [-0.2, 0) is 0 Å². The van der Waals surface area contributed by atoms with E-state index in [2.05, 4.69) is 69.3 Å². The maximum Gasteiger partial charge on any atom is 0.0738 e. The third-order valence-electron chi connectivity index (χ3n) is 3.45. The highest BCUT2D eigenvalue weighted by Crippen LogP contribution is 2.26. The van der Waals surface area contributed by atoms with E-state index in [1.807, 2.05) is 0 Å². The first kappa shape index (κ1) is 11.9. The van der Waals surface area contributed by atoms with Crippen molar-refractivity contribution in [1.82, 2.24) is 4.98 Å². The van der Waals surface area contributed by atoms with Gasteiger partial charge in [0.15, 0.2) is 0 Å². The zero-order valence-corrected chi connectivity index (χ0v) is 11.6. The van der Waals surface area contributed by atoms with Crippen LogP contribution in [0.25, 0.3) is 22.2 Å². The smallest absolute Gasteiger partial charge is 0.0738 e. The Morgan fingerprint density at radius 1 is 0.789 bits per heavy atom. The summed E-state index contributed by atoms with van der Waals surface area (Å²) >= 11 is 0. The van der Waals surface area contributed by atoms with Gasteiger partial charge in [0.05, 0.1) is 11.2 Å². The molecule has 94 valence electrons. The molecule has 0 spiro atoms. The van der Waals surface area contributed by atoms with Crippen LogP contribution in [-0.4, -0.2) is 4.98 Å². The van der Waals surface area contributed by atoms with Gasteiger partial charge in [-0.15, -0.1) is 0 Å². The van der Waals surface area contributed by atoms with Crippen molar-refractivity contribution >= 4 is 10.9 Å². The van der Waals surface area contributed by atoms with Gasteiger partial charge in [0.1, 0.15) is 0 Å². The van der Waals surface area contributed by atoms with Crippen LogP contribution < -0.4 is 0 Å². The van der Waals surface area contributed by atoms with Crippen molar-refractivity contribution in [1.29, 1.82) is 0 Å². The van der Waals surface area contributed by atoms with Crippen LogP contribution in [0.3, 0.4) is 0 Å². The molecular weight excluding hydrogens is 230 g/mol. The predicted molar refractivity (Wildman–Crippen MR) is 81.4 cm³/mol. The maximum atomic E-state index is 4.83. The maximum absolute atomic E-state index is 4.83. The van der Waals surface area contributed by atoms with Crippen molar-refractivity contribution in [3.05, 3.63) is 65.2 Å². The molecular formula is C18H17N. The molecule has 0 aliphatic rings. The van der Waals surface area contributed by atoms with E-state index in [0.29, 0.717) is 0 Å². The Bertz CT molecular complexity index is 757. The molecule has 0 aliphatic heterocycles. The lowest BCUT2D eigenvalue weighted by Gasteiger charge is -2.09. The second-order valence-corrected chi connectivity index (χ2v) is 5.22. The van der Waals surface area contributed by atoms with E-state index in [-0.39, 0.29) is 0 Å². The number of rotatable bonds is 1. The fourth-order valence-corrected chi connectivity index (χ4v) is 2.49. The molecule has 2 aromatic carbocycles. The monoisotopic (exact) mass is 247 g/mol. The highest BCUT2D eigenvalue weighted by molar-refractivity contribution is 5.83. The van der Waals surface area contributed by atoms with Crippen molar-refractivity contribution in [2.75, 3.05) is 0 Å². The number of fused-ring (bicyclic) bond motifs is 1. The summed E-state index contributed by atoms with van der Waals surface area (Å²) in [5, 5.41) is 1.22. The molecule has 0 bridgehead atoms. The Balaban J connectivity index is 2.24. The molecule has 19 heavy (non-hydrogen) atoms. The molecule has 0 fully saturated rings. The molecule has 0 radical (unpaired) electrons. The molecule has 1 heteroatoms. The fourth-order valence-electron chi connectivity index (χ4n) is 2.49. The summed E-state index contributed by atoms with van der Waals surface area (Å²) in [6.07, 6.45) is 0. The molecule has 1 aromatic heterocycles. The summed E-state index contributed by atoms with van der Waals surface area (Å²) in [5.41, 5.74) is 7.11. The summed E-state index contributed by atoms with van der Waals surface area (Å²) < 4.78 is 0. The van der Waals surface area contributed by atoms with Crippen LogP contribution in [0.5, 0.6) is 0 Å². The van der Waals surface area contributed by atoms with Crippen LogP contribution in [0.1, 0.15) is 16.7 Å². The first-order valence-corrected chi connectivity index (χ1v) is 6.58. The lowest BCUT2D eigenvalue weighted by atomic mass is 10.0. The largest absolute Gasteiger partial charge is 0.248 e. The SMILES string of the molecule is Cc1cccc(-c2nc3ccc(C)cc3cc2C)c1. The first-order valence-electron chi connectivity index (χ1n) is 6.58. The van der Waals surface area contributed by atoms with Gasteiger partial charge in [-0.05, 0) is 50.6 Å². The molecule has 3 aromatic rings. The number of aromatic nitrogens is 1. The average Bonchev–Trinajstić information content (AvgIpc) is 2.37. The van der Waals surface area contributed by atoms with Gasteiger partial charge < -0.3 is 0 Å². The topological polar surface area (TPSA) is 12.9 Å². The van der Waals surface area contributed by atoms with Crippen molar-refractivity contribution in [3.63, 3.8) is 0 Å². The van der Waals surface area contributed by atoms with Gasteiger partial charge in [-0.25, -0.2) is 4.98 Å². The first-order chi connectivity index (χ1) is 9.13. The second kappa shape index (κ2) is 4.51.